The molecule has 1 spiro atoms. The Morgan fingerprint density at radius 3 is 2.63 bits per heavy atom. The predicted octanol–water partition coefficient (Wildman–Crippen LogP) is 1.15. The quantitative estimate of drug-likeness (QED) is 0.780. The van der Waals surface area contributed by atoms with Gasteiger partial charge in [0.1, 0.15) is 17.9 Å². The summed E-state index contributed by atoms with van der Waals surface area (Å²) in [5.74, 6) is -1.32. The topological polar surface area (TPSA) is 83.1 Å². The van der Waals surface area contributed by atoms with Crippen LogP contribution < -0.4 is 10.6 Å². The smallest absolute Gasteiger partial charge is 0.291 e. The lowest BCUT2D eigenvalue weighted by Crippen LogP contribution is -2.99. The maximum atomic E-state index is 13.4. The Bertz CT molecular complexity index is 834. The minimum atomic E-state index is -1.03. The number of hydrogen-bond donors (Lipinski definition) is 2. The third-order valence-electron chi connectivity index (χ3n) is 6.64. The number of quaternary nitrogens is 1. The summed E-state index contributed by atoms with van der Waals surface area (Å²) >= 11 is 0. The molecule has 144 valence electrons. The number of nitrogens with two attached hydrogens (primary N) is 1. The van der Waals surface area contributed by atoms with Gasteiger partial charge in [-0.3, -0.25) is 19.3 Å². The number of aryl methyl sites for hydroxylation is 1. The molecule has 0 saturated carbocycles. The average molecular weight is 370 g/mol. The van der Waals surface area contributed by atoms with Crippen molar-refractivity contribution in [2.24, 2.45) is 17.8 Å². The molecule has 3 amide bonds. The zero-order valence-electron chi connectivity index (χ0n) is 16.4. The van der Waals surface area contributed by atoms with E-state index in [1.54, 1.807) is 0 Å². The van der Waals surface area contributed by atoms with Gasteiger partial charge in [-0.2, -0.15) is 0 Å². The number of carbonyl (C=O) groups excluding carboxylic acids is 3. The van der Waals surface area contributed by atoms with Gasteiger partial charge >= 0.3 is 0 Å². The van der Waals surface area contributed by atoms with Crippen LogP contribution in [0.4, 0.5) is 5.69 Å². The third-order valence-corrected chi connectivity index (χ3v) is 6.64. The molecule has 6 heteroatoms. The van der Waals surface area contributed by atoms with E-state index in [4.69, 9.17) is 0 Å². The largest absolute Gasteiger partial charge is 0.326 e. The van der Waals surface area contributed by atoms with Gasteiger partial charge in [0.2, 0.25) is 17.4 Å². The Morgan fingerprint density at radius 2 is 1.96 bits per heavy atom. The van der Waals surface area contributed by atoms with Crippen molar-refractivity contribution in [3.8, 4) is 0 Å². The van der Waals surface area contributed by atoms with Gasteiger partial charge < -0.3 is 10.6 Å². The molecule has 3 aliphatic heterocycles. The van der Waals surface area contributed by atoms with Crippen LogP contribution in [0.5, 0.6) is 0 Å². The molecule has 0 aromatic heterocycles. The van der Waals surface area contributed by atoms with E-state index in [-0.39, 0.29) is 29.7 Å². The summed E-state index contributed by atoms with van der Waals surface area (Å²) in [5.41, 5.74) is 1.60. The fourth-order valence-corrected chi connectivity index (χ4v) is 5.26. The molecule has 0 unspecified atom stereocenters. The molecule has 0 aliphatic carbocycles. The van der Waals surface area contributed by atoms with Gasteiger partial charge in [0.25, 0.3) is 5.91 Å². The maximum Gasteiger partial charge on any atom is 0.291 e. The molecule has 2 saturated heterocycles. The van der Waals surface area contributed by atoms with E-state index < -0.39 is 17.4 Å². The predicted molar refractivity (Wildman–Crippen MR) is 101 cm³/mol. The first kappa shape index (κ1) is 18.2. The number of para-hydroxylation sites is 1. The second-order valence-electron chi connectivity index (χ2n) is 8.49. The summed E-state index contributed by atoms with van der Waals surface area (Å²) in [5, 5.41) is 5.03. The van der Waals surface area contributed by atoms with E-state index in [9.17, 15) is 14.4 Å². The van der Waals surface area contributed by atoms with Crippen molar-refractivity contribution in [2.45, 2.75) is 52.1 Å². The van der Waals surface area contributed by atoms with Crippen LogP contribution in [0.25, 0.3) is 0 Å². The van der Waals surface area contributed by atoms with Crippen LogP contribution in [0.3, 0.4) is 0 Å². The Labute approximate surface area is 159 Å². The number of fused-ring (bicyclic) bond motifs is 4. The van der Waals surface area contributed by atoms with E-state index in [1.165, 1.54) is 4.90 Å². The van der Waals surface area contributed by atoms with Gasteiger partial charge in [-0.25, -0.2) is 0 Å². The van der Waals surface area contributed by atoms with Crippen molar-refractivity contribution in [1.29, 1.82) is 0 Å². The van der Waals surface area contributed by atoms with Crippen LogP contribution in [0.1, 0.15) is 44.7 Å². The van der Waals surface area contributed by atoms with Crippen molar-refractivity contribution >= 4 is 23.4 Å². The number of rotatable bonds is 4. The molecule has 27 heavy (non-hydrogen) atoms. The van der Waals surface area contributed by atoms with Crippen LogP contribution in [0.15, 0.2) is 18.2 Å². The lowest BCUT2D eigenvalue weighted by molar-refractivity contribution is -0.738. The summed E-state index contributed by atoms with van der Waals surface area (Å²) in [6.07, 6.45) is 1.71. The molecule has 6 nitrogen and oxygen atoms in total. The van der Waals surface area contributed by atoms with Crippen molar-refractivity contribution in [3.05, 3.63) is 29.3 Å². The van der Waals surface area contributed by atoms with Crippen LogP contribution in [-0.2, 0) is 19.9 Å². The van der Waals surface area contributed by atoms with Gasteiger partial charge in [-0.15, -0.1) is 0 Å². The van der Waals surface area contributed by atoms with Crippen molar-refractivity contribution < 1.29 is 19.7 Å². The standard InChI is InChI=1S/C21H27N3O3/c1-5-6-10-24-18(25)14-15(19(24)26)21(23-16(14)11(2)3)13-9-7-8-12(4)17(13)22-20(21)27/h7-9,11,14-16,23H,5-6,10H2,1-4H3,(H,22,27)/p+1/t14-,15-,16-,21+/m0/s1. The molecule has 0 bridgehead atoms. The first-order chi connectivity index (χ1) is 12.8. The highest BCUT2D eigenvalue weighted by Gasteiger charge is 2.74. The Morgan fingerprint density at radius 1 is 1.22 bits per heavy atom. The summed E-state index contributed by atoms with van der Waals surface area (Å²) in [6.45, 7) is 8.58. The highest BCUT2D eigenvalue weighted by molar-refractivity contribution is 6.14. The number of unbranched alkanes of at least 4 members (excludes halogenated alkanes) is 1. The molecule has 1 aromatic rings. The van der Waals surface area contributed by atoms with Crippen molar-refractivity contribution in [2.75, 3.05) is 11.9 Å². The number of benzene rings is 1. The molecule has 3 N–H and O–H groups in total. The number of nitrogens with zero attached hydrogens (tertiary/aromatic N) is 1. The fourth-order valence-electron chi connectivity index (χ4n) is 5.26. The molecular weight excluding hydrogens is 342 g/mol. The van der Waals surface area contributed by atoms with Crippen LogP contribution >= 0.6 is 0 Å². The molecule has 3 aliphatic rings. The van der Waals surface area contributed by atoms with Crippen LogP contribution in [-0.4, -0.2) is 35.2 Å². The molecule has 0 radical (unpaired) electrons. The number of anilines is 1. The Hall–Kier alpha value is -2.21. The SMILES string of the molecule is CCCCN1C(=O)[C@H]2[C@@H](C1=O)[C@@]1([NH2+][C@H]2C(C)C)C(=O)Nc2c(C)cccc21. The van der Waals surface area contributed by atoms with E-state index >= 15 is 0 Å². The minimum absolute atomic E-state index is 0.0877. The number of nitrogens with one attached hydrogen (secondary N) is 1. The number of hydrogen-bond acceptors (Lipinski definition) is 3. The Balaban J connectivity index is 1.87. The first-order valence-electron chi connectivity index (χ1n) is 9.97. The lowest BCUT2D eigenvalue weighted by Gasteiger charge is -2.27. The monoisotopic (exact) mass is 370 g/mol. The molecular formula is C21H28N3O3+. The summed E-state index contributed by atoms with van der Waals surface area (Å²) in [7, 11) is 0. The number of amides is 3. The third kappa shape index (κ3) is 2.25. The van der Waals surface area contributed by atoms with Crippen LogP contribution in [0.2, 0.25) is 0 Å². The van der Waals surface area contributed by atoms with E-state index in [0.29, 0.717) is 6.54 Å². The molecule has 4 rings (SSSR count). The van der Waals surface area contributed by atoms with Crippen molar-refractivity contribution in [1.82, 2.24) is 4.90 Å². The lowest BCUT2D eigenvalue weighted by atomic mass is 9.75. The van der Waals surface area contributed by atoms with Crippen LogP contribution in [0, 0.1) is 24.7 Å². The van der Waals surface area contributed by atoms with E-state index in [2.05, 4.69) is 19.2 Å². The second kappa shape index (κ2) is 6.16. The minimum Gasteiger partial charge on any atom is -0.326 e. The normalized spacial score (nSPS) is 31.8. The van der Waals surface area contributed by atoms with Gasteiger partial charge in [-0.1, -0.05) is 45.4 Å². The highest BCUT2D eigenvalue weighted by atomic mass is 16.2. The maximum absolute atomic E-state index is 13.4. The fraction of sp³-hybridized carbons (Fsp3) is 0.571. The van der Waals surface area contributed by atoms with E-state index in [1.807, 2.05) is 37.4 Å². The van der Waals surface area contributed by atoms with Gasteiger partial charge in [0, 0.05) is 18.0 Å². The number of likely N-dealkylation sites (tertiary alicyclic amines) is 1. The first-order valence-corrected chi connectivity index (χ1v) is 9.97. The number of imide groups is 1. The molecule has 4 atom stereocenters. The Kier molecular flexibility index (Phi) is 4.14. The summed E-state index contributed by atoms with van der Waals surface area (Å²) in [6, 6.07) is 5.73. The van der Waals surface area contributed by atoms with E-state index in [0.717, 1.165) is 29.7 Å². The molecule has 3 heterocycles. The highest BCUT2D eigenvalue weighted by Crippen LogP contribution is 2.50. The summed E-state index contributed by atoms with van der Waals surface area (Å²) in [4.78, 5) is 41.3. The second-order valence-corrected chi connectivity index (χ2v) is 8.49. The zero-order chi connectivity index (χ0) is 19.5. The zero-order valence-corrected chi connectivity index (χ0v) is 16.4. The number of carbonyl (C=O) groups is 3. The van der Waals surface area contributed by atoms with Gasteiger partial charge in [0.05, 0.1) is 5.69 Å². The average Bonchev–Trinajstić information content (AvgIpc) is 3.21. The summed E-state index contributed by atoms with van der Waals surface area (Å²) < 4.78 is 0. The van der Waals surface area contributed by atoms with Crippen molar-refractivity contribution in [3.63, 3.8) is 0 Å². The van der Waals surface area contributed by atoms with Gasteiger partial charge in [-0.05, 0) is 18.9 Å². The molecule has 1 aromatic carbocycles. The molecule has 2 fully saturated rings. The van der Waals surface area contributed by atoms with Gasteiger partial charge in [0.15, 0.2) is 0 Å².